The van der Waals surface area contributed by atoms with Gasteiger partial charge in [-0.3, -0.25) is 4.79 Å². The minimum Gasteiger partial charge on any atom is -0.495 e. The fourth-order valence-corrected chi connectivity index (χ4v) is 4.36. The minimum absolute atomic E-state index is 0.00843. The summed E-state index contributed by atoms with van der Waals surface area (Å²) in [7, 11) is 1.62. The molecule has 138 valence electrons. The van der Waals surface area contributed by atoms with Crippen LogP contribution in [0.1, 0.15) is 49.7 Å². The molecule has 1 aliphatic carbocycles. The zero-order valence-electron chi connectivity index (χ0n) is 15.0. The van der Waals surface area contributed by atoms with Crippen molar-refractivity contribution < 1.29 is 9.53 Å². The van der Waals surface area contributed by atoms with Crippen molar-refractivity contribution in [3.8, 4) is 5.75 Å². The van der Waals surface area contributed by atoms with Crippen molar-refractivity contribution in [2.24, 2.45) is 0 Å². The predicted octanol–water partition coefficient (Wildman–Crippen LogP) is 5.69. The number of rotatable bonds is 4. The quantitative estimate of drug-likeness (QED) is 0.726. The molecular formula is C21H23Cl2NO2. The number of carbonyl (C=O) groups excluding carboxylic acids is 1. The molecule has 5 heteroatoms. The number of benzene rings is 2. The van der Waals surface area contributed by atoms with E-state index in [-0.39, 0.29) is 11.4 Å². The molecule has 1 aliphatic rings. The van der Waals surface area contributed by atoms with Crippen molar-refractivity contribution >= 4 is 29.1 Å². The Hall–Kier alpha value is -1.71. The third kappa shape index (κ3) is 3.99. The second kappa shape index (κ2) is 7.89. The molecular weight excluding hydrogens is 369 g/mol. The van der Waals surface area contributed by atoms with Crippen molar-refractivity contribution in [2.45, 2.75) is 44.1 Å². The first-order valence-electron chi connectivity index (χ1n) is 8.82. The third-order valence-corrected chi connectivity index (χ3v) is 5.85. The van der Waals surface area contributed by atoms with Crippen LogP contribution in [0.15, 0.2) is 42.5 Å². The highest BCUT2D eigenvalue weighted by molar-refractivity contribution is 6.32. The molecule has 26 heavy (non-hydrogen) atoms. The van der Waals surface area contributed by atoms with E-state index in [1.807, 2.05) is 36.4 Å². The number of hydrogen-bond acceptors (Lipinski definition) is 2. The first-order valence-corrected chi connectivity index (χ1v) is 9.57. The molecule has 0 bridgehead atoms. The van der Waals surface area contributed by atoms with Crippen LogP contribution in [0.4, 0.5) is 0 Å². The van der Waals surface area contributed by atoms with Crippen LogP contribution < -0.4 is 10.1 Å². The maximum atomic E-state index is 11.9. The van der Waals surface area contributed by atoms with Crippen molar-refractivity contribution in [2.75, 3.05) is 7.11 Å². The second-order valence-corrected chi connectivity index (χ2v) is 7.78. The summed E-state index contributed by atoms with van der Waals surface area (Å²) in [6, 6.07) is 13.8. The van der Waals surface area contributed by atoms with Gasteiger partial charge >= 0.3 is 0 Å². The molecule has 0 unspecified atom stereocenters. The third-order valence-electron chi connectivity index (χ3n) is 5.30. The normalized spacial score (nSPS) is 22.7. The SMILES string of the molecule is COc1ccc(C2CCC(NC(C)=O)(c3ccc(Cl)cc3)CC2)cc1Cl. The zero-order chi connectivity index (χ0) is 18.7. The number of hydrogen-bond donors (Lipinski definition) is 1. The standard InChI is InChI=1S/C21H23Cl2NO2/c1-14(25)24-21(17-4-6-18(22)7-5-17)11-9-15(10-12-21)16-3-8-20(26-2)19(23)13-16/h3-8,13,15H,9-12H2,1-2H3,(H,24,25). The molecule has 2 aromatic rings. The molecule has 1 amide bonds. The molecule has 0 heterocycles. The zero-order valence-corrected chi connectivity index (χ0v) is 16.5. The molecule has 0 aromatic heterocycles. The van der Waals surface area contributed by atoms with E-state index in [2.05, 4.69) is 11.4 Å². The Balaban J connectivity index is 1.81. The van der Waals surface area contributed by atoms with Crippen LogP contribution in [0.25, 0.3) is 0 Å². The van der Waals surface area contributed by atoms with Crippen molar-refractivity contribution in [1.29, 1.82) is 0 Å². The van der Waals surface area contributed by atoms with Crippen LogP contribution in [-0.2, 0) is 10.3 Å². The average Bonchev–Trinajstić information content (AvgIpc) is 2.62. The fraction of sp³-hybridized carbons (Fsp3) is 0.381. The van der Waals surface area contributed by atoms with Gasteiger partial charge in [0.2, 0.25) is 5.91 Å². The summed E-state index contributed by atoms with van der Waals surface area (Å²) in [5.41, 5.74) is 2.01. The number of methoxy groups -OCH3 is 1. The number of halogens is 2. The Morgan fingerprint density at radius 3 is 2.31 bits per heavy atom. The summed E-state index contributed by atoms with van der Waals surface area (Å²) in [6.07, 6.45) is 3.71. The van der Waals surface area contributed by atoms with Crippen LogP contribution in [0.5, 0.6) is 5.75 Å². The van der Waals surface area contributed by atoms with Gasteiger partial charge in [-0.2, -0.15) is 0 Å². The summed E-state index contributed by atoms with van der Waals surface area (Å²) < 4.78 is 5.24. The van der Waals surface area contributed by atoms with Crippen molar-refractivity contribution in [1.82, 2.24) is 5.32 Å². The smallest absolute Gasteiger partial charge is 0.217 e. The predicted molar refractivity (Wildman–Crippen MR) is 106 cm³/mol. The number of ether oxygens (including phenoxy) is 1. The van der Waals surface area contributed by atoms with Gasteiger partial charge in [0.05, 0.1) is 17.7 Å². The minimum atomic E-state index is -0.330. The average molecular weight is 392 g/mol. The highest BCUT2D eigenvalue weighted by Crippen LogP contribution is 2.44. The van der Waals surface area contributed by atoms with Crippen LogP contribution in [0.3, 0.4) is 0 Å². The molecule has 1 N–H and O–H groups in total. The fourth-order valence-electron chi connectivity index (χ4n) is 3.97. The van der Waals surface area contributed by atoms with Gasteiger partial charge in [0.15, 0.2) is 0 Å². The van der Waals surface area contributed by atoms with E-state index in [0.29, 0.717) is 21.7 Å². The number of carbonyl (C=O) groups is 1. The van der Waals surface area contributed by atoms with E-state index in [4.69, 9.17) is 27.9 Å². The van der Waals surface area contributed by atoms with E-state index >= 15 is 0 Å². The molecule has 0 spiro atoms. The molecule has 1 fully saturated rings. The van der Waals surface area contributed by atoms with E-state index in [1.54, 1.807) is 14.0 Å². The molecule has 0 aliphatic heterocycles. The highest BCUT2D eigenvalue weighted by Gasteiger charge is 2.38. The summed E-state index contributed by atoms with van der Waals surface area (Å²) in [5, 5.41) is 4.55. The molecule has 3 nitrogen and oxygen atoms in total. The summed E-state index contributed by atoms with van der Waals surface area (Å²) >= 11 is 12.3. The molecule has 0 atom stereocenters. The topological polar surface area (TPSA) is 38.3 Å². The van der Waals surface area contributed by atoms with E-state index in [0.717, 1.165) is 31.2 Å². The van der Waals surface area contributed by atoms with E-state index in [9.17, 15) is 4.79 Å². The number of nitrogens with one attached hydrogen (secondary N) is 1. The van der Waals surface area contributed by atoms with Gasteiger partial charge in [-0.1, -0.05) is 41.4 Å². The first-order chi connectivity index (χ1) is 12.4. The van der Waals surface area contributed by atoms with Gasteiger partial charge in [0.25, 0.3) is 0 Å². The molecule has 1 saturated carbocycles. The Bertz CT molecular complexity index is 781. The van der Waals surface area contributed by atoms with Crippen LogP contribution in [0.2, 0.25) is 10.0 Å². The largest absolute Gasteiger partial charge is 0.495 e. The molecule has 2 aromatic carbocycles. The lowest BCUT2D eigenvalue weighted by molar-refractivity contribution is -0.121. The maximum Gasteiger partial charge on any atom is 0.217 e. The first kappa shape index (κ1) is 19.1. The molecule has 0 saturated heterocycles. The summed E-state index contributed by atoms with van der Waals surface area (Å²) in [5.74, 6) is 1.11. The van der Waals surface area contributed by atoms with Gasteiger partial charge in [0, 0.05) is 11.9 Å². The Morgan fingerprint density at radius 1 is 1.12 bits per heavy atom. The van der Waals surface area contributed by atoms with E-state index in [1.165, 1.54) is 5.56 Å². The van der Waals surface area contributed by atoms with Gasteiger partial charge in [-0.05, 0) is 67.0 Å². The Kier molecular flexibility index (Phi) is 5.79. The van der Waals surface area contributed by atoms with Crippen LogP contribution in [0, 0.1) is 0 Å². The molecule has 3 rings (SSSR count). The molecule has 0 radical (unpaired) electrons. The lowest BCUT2D eigenvalue weighted by atomic mass is 9.71. The lowest BCUT2D eigenvalue weighted by Crippen LogP contribution is -2.47. The van der Waals surface area contributed by atoms with Crippen molar-refractivity contribution in [3.05, 3.63) is 63.6 Å². The van der Waals surface area contributed by atoms with Gasteiger partial charge in [-0.25, -0.2) is 0 Å². The Labute approximate surface area is 164 Å². The van der Waals surface area contributed by atoms with Crippen LogP contribution >= 0.6 is 23.2 Å². The monoisotopic (exact) mass is 391 g/mol. The van der Waals surface area contributed by atoms with Crippen LogP contribution in [-0.4, -0.2) is 13.0 Å². The number of amides is 1. The highest BCUT2D eigenvalue weighted by atomic mass is 35.5. The second-order valence-electron chi connectivity index (χ2n) is 6.94. The van der Waals surface area contributed by atoms with E-state index < -0.39 is 0 Å². The van der Waals surface area contributed by atoms with Gasteiger partial charge < -0.3 is 10.1 Å². The Morgan fingerprint density at radius 2 is 1.77 bits per heavy atom. The van der Waals surface area contributed by atoms with Gasteiger partial charge in [-0.15, -0.1) is 0 Å². The lowest BCUT2D eigenvalue weighted by Gasteiger charge is -2.41. The van der Waals surface area contributed by atoms with Crippen molar-refractivity contribution in [3.63, 3.8) is 0 Å². The summed E-state index contributed by atoms with van der Waals surface area (Å²) in [4.78, 5) is 11.9. The maximum absolute atomic E-state index is 11.9. The van der Waals surface area contributed by atoms with Gasteiger partial charge in [0.1, 0.15) is 5.75 Å². The summed E-state index contributed by atoms with van der Waals surface area (Å²) in [6.45, 7) is 1.58.